The van der Waals surface area contributed by atoms with Crippen LogP contribution in [-0.2, 0) is 13.0 Å². The maximum Gasteiger partial charge on any atom is 0.433 e. The molecule has 29 heavy (non-hydrogen) atoms. The molecule has 0 aliphatic heterocycles. The number of nitrogens with zero attached hydrogens (tertiary/aromatic N) is 4. The number of anilines is 1. The third-order valence-corrected chi connectivity index (χ3v) is 5.41. The maximum absolute atomic E-state index is 13.1. The smallest absolute Gasteiger partial charge is 0.395 e. The summed E-state index contributed by atoms with van der Waals surface area (Å²) in [5.74, 6) is -1.10. The molecule has 0 N–H and O–H groups in total. The van der Waals surface area contributed by atoms with Crippen molar-refractivity contribution in [3.63, 3.8) is 0 Å². The molecule has 0 aliphatic carbocycles. The van der Waals surface area contributed by atoms with E-state index in [-0.39, 0.29) is 12.3 Å². The van der Waals surface area contributed by atoms with Crippen molar-refractivity contribution in [2.75, 3.05) is 4.90 Å². The summed E-state index contributed by atoms with van der Waals surface area (Å²) in [6, 6.07) is 12.1. The minimum Gasteiger partial charge on any atom is -0.395 e. The second kappa shape index (κ2) is 7.80. The van der Waals surface area contributed by atoms with E-state index in [1.165, 1.54) is 33.9 Å². The molecule has 3 heterocycles. The fourth-order valence-corrected chi connectivity index (χ4v) is 3.89. The SMILES string of the molecule is CCc1ccc2nc(N(Cc3cccnc3)C(=O)c3ccc([N+](=O)[O-])o3)sc2c1. The second-order valence-electron chi connectivity index (χ2n) is 6.30. The number of nitro groups is 1. The van der Waals surface area contributed by atoms with Crippen LogP contribution in [0.2, 0.25) is 0 Å². The van der Waals surface area contributed by atoms with Gasteiger partial charge in [0.2, 0.25) is 0 Å². The number of thiazole rings is 1. The number of aryl methyl sites for hydroxylation is 1. The van der Waals surface area contributed by atoms with Crippen LogP contribution in [0.3, 0.4) is 0 Å². The minimum absolute atomic E-state index is 0.117. The normalized spacial score (nSPS) is 10.9. The first-order valence-corrected chi connectivity index (χ1v) is 9.71. The Bertz CT molecular complexity index is 1190. The van der Waals surface area contributed by atoms with E-state index >= 15 is 0 Å². The van der Waals surface area contributed by atoms with Crippen LogP contribution in [-0.4, -0.2) is 20.8 Å². The Morgan fingerprint density at radius 1 is 1.24 bits per heavy atom. The van der Waals surface area contributed by atoms with Gasteiger partial charge in [0.25, 0.3) is 5.91 Å². The quantitative estimate of drug-likeness (QED) is 0.341. The Morgan fingerprint density at radius 3 is 2.79 bits per heavy atom. The zero-order valence-electron chi connectivity index (χ0n) is 15.4. The number of hydrogen-bond donors (Lipinski definition) is 0. The van der Waals surface area contributed by atoms with E-state index in [1.54, 1.807) is 18.5 Å². The van der Waals surface area contributed by atoms with Gasteiger partial charge in [-0.05, 0) is 41.8 Å². The lowest BCUT2D eigenvalue weighted by molar-refractivity contribution is -0.402. The molecule has 0 fully saturated rings. The van der Waals surface area contributed by atoms with Gasteiger partial charge in [-0.25, -0.2) is 4.98 Å². The summed E-state index contributed by atoms with van der Waals surface area (Å²) in [4.78, 5) is 33.5. The molecule has 0 saturated carbocycles. The van der Waals surface area contributed by atoms with E-state index in [4.69, 9.17) is 4.42 Å². The van der Waals surface area contributed by atoms with Crippen LogP contribution in [0.4, 0.5) is 11.0 Å². The van der Waals surface area contributed by atoms with Gasteiger partial charge >= 0.3 is 5.88 Å². The van der Waals surface area contributed by atoms with Crippen molar-refractivity contribution in [1.29, 1.82) is 0 Å². The highest BCUT2D eigenvalue weighted by Crippen LogP contribution is 2.32. The first kappa shape index (κ1) is 18.8. The number of hydrogen-bond acceptors (Lipinski definition) is 7. The molecule has 0 aliphatic rings. The Kier molecular flexibility index (Phi) is 5.05. The second-order valence-corrected chi connectivity index (χ2v) is 7.31. The van der Waals surface area contributed by atoms with Crippen molar-refractivity contribution in [2.45, 2.75) is 19.9 Å². The zero-order valence-corrected chi connectivity index (χ0v) is 16.3. The number of benzene rings is 1. The fraction of sp³-hybridized carbons (Fsp3) is 0.150. The van der Waals surface area contributed by atoms with Gasteiger partial charge in [0.15, 0.2) is 10.9 Å². The monoisotopic (exact) mass is 408 g/mol. The van der Waals surface area contributed by atoms with Crippen molar-refractivity contribution in [1.82, 2.24) is 9.97 Å². The number of aromatic nitrogens is 2. The number of furan rings is 1. The molecule has 0 spiro atoms. The number of fused-ring (bicyclic) bond motifs is 1. The van der Waals surface area contributed by atoms with E-state index in [2.05, 4.69) is 23.0 Å². The largest absolute Gasteiger partial charge is 0.433 e. The summed E-state index contributed by atoms with van der Waals surface area (Å²) in [5, 5.41) is 11.4. The summed E-state index contributed by atoms with van der Waals surface area (Å²) in [7, 11) is 0. The van der Waals surface area contributed by atoms with Gasteiger partial charge in [-0.1, -0.05) is 30.4 Å². The molecular formula is C20H16N4O4S. The Labute approximate surface area is 169 Å². The van der Waals surface area contributed by atoms with Crippen LogP contribution in [0.5, 0.6) is 0 Å². The number of carbonyl (C=O) groups excluding carboxylic acids is 1. The van der Waals surface area contributed by atoms with Crippen molar-refractivity contribution >= 4 is 38.5 Å². The van der Waals surface area contributed by atoms with E-state index in [9.17, 15) is 14.9 Å². The predicted octanol–water partition coefficient (Wildman–Crippen LogP) is 4.60. The van der Waals surface area contributed by atoms with Crippen LogP contribution in [0.25, 0.3) is 10.2 Å². The first-order valence-electron chi connectivity index (χ1n) is 8.89. The van der Waals surface area contributed by atoms with Gasteiger partial charge in [-0.3, -0.25) is 24.8 Å². The lowest BCUT2D eigenvalue weighted by Gasteiger charge is -2.18. The minimum atomic E-state index is -0.674. The summed E-state index contributed by atoms with van der Waals surface area (Å²) in [6.45, 7) is 2.28. The van der Waals surface area contributed by atoms with Crippen molar-refractivity contribution in [3.8, 4) is 0 Å². The van der Waals surface area contributed by atoms with E-state index in [0.29, 0.717) is 5.13 Å². The fourth-order valence-electron chi connectivity index (χ4n) is 2.87. The summed E-state index contributed by atoms with van der Waals surface area (Å²) >= 11 is 1.39. The van der Waals surface area contributed by atoms with Gasteiger partial charge in [0.1, 0.15) is 4.92 Å². The molecule has 3 aromatic heterocycles. The summed E-state index contributed by atoms with van der Waals surface area (Å²) < 4.78 is 6.10. The van der Waals surface area contributed by atoms with Crippen LogP contribution < -0.4 is 4.90 Å². The zero-order chi connectivity index (χ0) is 20.4. The highest BCUT2D eigenvalue weighted by molar-refractivity contribution is 7.22. The molecule has 1 aromatic carbocycles. The van der Waals surface area contributed by atoms with E-state index in [1.807, 2.05) is 18.2 Å². The van der Waals surface area contributed by atoms with Crippen LogP contribution in [0.1, 0.15) is 28.6 Å². The molecule has 4 aromatic rings. The summed E-state index contributed by atoms with van der Waals surface area (Å²) in [6.07, 6.45) is 4.21. The molecule has 0 bridgehead atoms. The Balaban J connectivity index is 1.75. The van der Waals surface area contributed by atoms with Gasteiger partial charge in [-0.15, -0.1) is 0 Å². The van der Waals surface area contributed by atoms with Gasteiger partial charge < -0.3 is 4.42 Å². The van der Waals surface area contributed by atoms with Crippen LogP contribution >= 0.6 is 11.3 Å². The molecule has 1 amide bonds. The average molecular weight is 408 g/mol. The van der Waals surface area contributed by atoms with E-state index < -0.39 is 16.7 Å². The van der Waals surface area contributed by atoms with Gasteiger partial charge in [0, 0.05) is 12.4 Å². The Hall–Kier alpha value is -3.59. The Morgan fingerprint density at radius 2 is 2.10 bits per heavy atom. The van der Waals surface area contributed by atoms with Crippen molar-refractivity contribution in [2.24, 2.45) is 0 Å². The predicted molar refractivity (Wildman–Crippen MR) is 109 cm³/mol. The topological polar surface area (TPSA) is 102 Å². The molecule has 0 saturated heterocycles. The molecule has 0 radical (unpaired) electrons. The molecule has 0 atom stereocenters. The lowest BCUT2D eigenvalue weighted by atomic mass is 10.2. The highest BCUT2D eigenvalue weighted by atomic mass is 32.1. The average Bonchev–Trinajstić information content (AvgIpc) is 3.39. The highest BCUT2D eigenvalue weighted by Gasteiger charge is 2.26. The number of rotatable bonds is 6. The molecule has 0 unspecified atom stereocenters. The number of amides is 1. The van der Waals surface area contributed by atoms with Crippen LogP contribution in [0.15, 0.2) is 59.3 Å². The van der Waals surface area contributed by atoms with Gasteiger partial charge in [0.05, 0.1) is 22.8 Å². The first-order chi connectivity index (χ1) is 14.0. The molecule has 9 heteroatoms. The number of carbonyl (C=O) groups is 1. The molecule has 146 valence electrons. The van der Waals surface area contributed by atoms with Crippen molar-refractivity contribution < 1.29 is 14.1 Å². The lowest BCUT2D eigenvalue weighted by Crippen LogP contribution is -2.30. The maximum atomic E-state index is 13.1. The standard InChI is InChI=1S/C20H16N4O4S/c1-2-13-5-6-15-17(10-13)29-20(22-15)23(12-14-4-3-9-21-11-14)19(25)16-7-8-18(28-16)24(26)27/h3-11H,2,12H2,1H3. The molecule has 4 rings (SSSR count). The van der Waals surface area contributed by atoms with Gasteiger partial charge in [-0.2, -0.15) is 0 Å². The molecular weight excluding hydrogens is 392 g/mol. The van der Waals surface area contributed by atoms with Crippen LogP contribution in [0, 0.1) is 10.1 Å². The van der Waals surface area contributed by atoms with E-state index in [0.717, 1.165) is 22.2 Å². The van der Waals surface area contributed by atoms with Crippen molar-refractivity contribution in [3.05, 3.63) is 81.9 Å². The molecule has 8 nitrogen and oxygen atoms in total. The number of pyridine rings is 1. The third-order valence-electron chi connectivity index (χ3n) is 4.37. The third kappa shape index (κ3) is 3.85. The summed E-state index contributed by atoms with van der Waals surface area (Å²) in [5.41, 5.74) is 2.77.